The Bertz CT molecular complexity index is 1120. The molecule has 0 aliphatic heterocycles. The molecule has 75 heavy (non-hydrogen) atoms. The smallest absolute Gasteiger partial charge is 0.306 e. The number of hydrogen-bond acceptors (Lipinski definition) is 6. The third-order valence-corrected chi connectivity index (χ3v) is 16.1. The third kappa shape index (κ3) is 63.1. The summed E-state index contributed by atoms with van der Waals surface area (Å²) in [5.74, 6) is -0.838. The number of ether oxygens (including phenoxy) is 3. The SMILES string of the molecule is CCCCCCCCCCCCCCCCCCCCCCCCCCCCCC(=O)OCC(COC(=O)CCCCCCCC)OC(=O)CCCCCCCCCCCCCCCCCCCCCCCCCC. The van der Waals surface area contributed by atoms with Gasteiger partial charge in [-0.2, -0.15) is 0 Å². The monoisotopic (exact) mass is 1060 g/mol. The molecule has 6 heteroatoms. The van der Waals surface area contributed by atoms with Crippen LogP contribution < -0.4 is 0 Å². The molecule has 6 nitrogen and oxygen atoms in total. The summed E-state index contributed by atoms with van der Waals surface area (Å²) in [5, 5.41) is 0. The molecular formula is C69H134O6. The molecule has 0 aromatic heterocycles. The first-order chi connectivity index (χ1) is 37.0. The van der Waals surface area contributed by atoms with E-state index in [1.54, 1.807) is 0 Å². The zero-order valence-electron chi connectivity index (χ0n) is 51.4. The van der Waals surface area contributed by atoms with Gasteiger partial charge >= 0.3 is 17.9 Å². The molecule has 1 unspecified atom stereocenters. The topological polar surface area (TPSA) is 78.9 Å². The first-order valence-electron chi connectivity index (χ1n) is 34.5. The van der Waals surface area contributed by atoms with Crippen LogP contribution in [0.15, 0.2) is 0 Å². The fraction of sp³-hybridized carbons (Fsp3) is 0.957. The van der Waals surface area contributed by atoms with Crippen molar-refractivity contribution in [3.63, 3.8) is 0 Å². The highest BCUT2D eigenvalue weighted by molar-refractivity contribution is 5.71. The summed E-state index contributed by atoms with van der Waals surface area (Å²) in [6, 6.07) is 0. The summed E-state index contributed by atoms with van der Waals surface area (Å²) in [5.41, 5.74) is 0. The Kier molecular flexibility index (Phi) is 63.6. The summed E-state index contributed by atoms with van der Waals surface area (Å²) in [6.07, 6.45) is 76.1. The van der Waals surface area contributed by atoms with Crippen molar-refractivity contribution in [3.05, 3.63) is 0 Å². The van der Waals surface area contributed by atoms with Crippen LogP contribution in [0.25, 0.3) is 0 Å². The van der Waals surface area contributed by atoms with E-state index in [1.807, 2.05) is 0 Å². The van der Waals surface area contributed by atoms with Crippen molar-refractivity contribution in [3.8, 4) is 0 Å². The van der Waals surface area contributed by atoms with Gasteiger partial charge < -0.3 is 14.2 Å². The van der Waals surface area contributed by atoms with Gasteiger partial charge in [0.15, 0.2) is 6.10 Å². The van der Waals surface area contributed by atoms with Gasteiger partial charge in [-0.25, -0.2) is 0 Å². The number of esters is 3. The number of carbonyl (C=O) groups excluding carboxylic acids is 3. The summed E-state index contributed by atoms with van der Waals surface area (Å²) in [7, 11) is 0. The molecular weight excluding hydrogens is 925 g/mol. The molecule has 0 bridgehead atoms. The molecule has 0 amide bonds. The van der Waals surface area contributed by atoms with Crippen molar-refractivity contribution in [1.29, 1.82) is 0 Å². The summed E-state index contributed by atoms with van der Waals surface area (Å²) in [4.78, 5) is 38.1. The molecule has 0 aliphatic carbocycles. The molecule has 0 aromatic carbocycles. The Morgan fingerprint density at radius 3 is 0.533 bits per heavy atom. The van der Waals surface area contributed by atoms with E-state index >= 15 is 0 Å². The van der Waals surface area contributed by atoms with Crippen molar-refractivity contribution in [1.82, 2.24) is 0 Å². The Labute approximate surface area is 469 Å². The molecule has 0 radical (unpaired) electrons. The van der Waals surface area contributed by atoms with Crippen LogP contribution in [0.5, 0.6) is 0 Å². The van der Waals surface area contributed by atoms with Crippen molar-refractivity contribution < 1.29 is 28.6 Å². The van der Waals surface area contributed by atoms with E-state index in [-0.39, 0.29) is 31.1 Å². The van der Waals surface area contributed by atoms with Gasteiger partial charge in [0.2, 0.25) is 0 Å². The number of hydrogen-bond donors (Lipinski definition) is 0. The average molecular weight is 1060 g/mol. The average Bonchev–Trinajstić information content (AvgIpc) is 3.41. The van der Waals surface area contributed by atoms with Crippen LogP contribution in [0.2, 0.25) is 0 Å². The van der Waals surface area contributed by atoms with Crippen molar-refractivity contribution in [2.24, 2.45) is 0 Å². The van der Waals surface area contributed by atoms with Crippen LogP contribution in [-0.4, -0.2) is 37.2 Å². The van der Waals surface area contributed by atoms with Crippen LogP contribution in [0.4, 0.5) is 0 Å². The number of carbonyl (C=O) groups is 3. The normalized spacial score (nSPS) is 11.9. The van der Waals surface area contributed by atoms with E-state index in [4.69, 9.17) is 14.2 Å². The molecule has 0 aliphatic rings. The van der Waals surface area contributed by atoms with Crippen molar-refractivity contribution in [2.75, 3.05) is 13.2 Å². The van der Waals surface area contributed by atoms with E-state index in [0.717, 1.165) is 57.8 Å². The minimum absolute atomic E-state index is 0.0617. The number of rotatable bonds is 65. The standard InChI is InChI=1S/C69H134O6/c1-4-7-10-13-16-18-20-22-24-26-28-30-32-34-35-36-38-39-41-43-45-47-49-51-53-56-59-62-68(71)74-65-66(64-73-67(70)61-58-55-15-12-9-6-3)75-69(72)63-60-57-54-52-50-48-46-44-42-40-37-33-31-29-27-25-23-21-19-17-14-11-8-5-2/h66H,4-65H2,1-3H3. The summed E-state index contributed by atoms with van der Waals surface area (Å²) < 4.78 is 16.9. The van der Waals surface area contributed by atoms with Crippen LogP contribution in [0, 0.1) is 0 Å². The largest absolute Gasteiger partial charge is 0.462 e. The fourth-order valence-electron chi connectivity index (χ4n) is 10.9. The summed E-state index contributed by atoms with van der Waals surface area (Å²) in [6.45, 7) is 6.67. The Balaban J connectivity index is 3.96. The Morgan fingerprint density at radius 1 is 0.213 bits per heavy atom. The summed E-state index contributed by atoms with van der Waals surface area (Å²) >= 11 is 0. The van der Waals surface area contributed by atoms with E-state index < -0.39 is 6.10 Å². The van der Waals surface area contributed by atoms with E-state index in [2.05, 4.69) is 20.8 Å². The van der Waals surface area contributed by atoms with Gasteiger partial charge in [-0.3, -0.25) is 14.4 Å². The quantitative estimate of drug-likeness (QED) is 0.0343. The second-order valence-electron chi connectivity index (χ2n) is 23.8. The molecule has 0 fully saturated rings. The van der Waals surface area contributed by atoms with Crippen molar-refractivity contribution >= 4 is 17.9 Å². The molecule has 0 saturated carbocycles. The lowest BCUT2D eigenvalue weighted by Crippen LogP contribution is -2.30. The zero-order valence-corrected chi connectivity index (χ0v) is 51.4. The number of unbranched alkanes of at least 4 members (excludes halogenated alkanes) is 54. The fourth-order valence-corrected chi connectivity index (χ4v) is 10.9. The molecule has 0 heterocycles. The first kappa shape index (κ1) is 73.4. The predicted molar refractivity (Wildman–Crippen MR) is 326 cm³/mol. The van der Waals surface area contributed by atoms with Crippen LogP contribution in [-0.2, 0) is 28.6 Å². The highest BCUT2D eigenvalue weighted by Gasteiger charge is 2.19. The van der Waals surface area contributed by atoms with Crippen LogP contribution in [0.1, 0.15) is 406 Å². The van der Waals surface area contributed by atoms with Gasteiger partial charge in [-0.05, 0) is 19.3 Å². The van der Waals surface area contributed by atoms with Crippen molar-refractivity contribution in [2.45, 2.75) is 412 Å². The van der Waals surface area contributed by atoms with Gasteiger partial charge in [-0.1, -0.05) is 367 Å². The minimum Gasteiger partial charge on any atom is -0.462 e. The minimum atomic E-state index is -0.761. The first-order valence-corrected chi connectivity index (χ1v) is 34.5. The highest BCUT2D eigenvalue weighted by atomic mass is 16.6. The second kappa shape index (κ2) is 64.9. The van der Waals surface area contributed by atoms with Gasteiger partial charge in [0.05, 0.1) is 0 Å². The molecule has 0 N–H and O–H groups in total. The third-order valence-electron chi connectivity index (χ3n) is 16.1. The van der Waals surface area contributed by atoms with Gasteiger partial charge in [0.1, 0.15) is 13.2 Å². The Hall–Kier alpha value is -1.59. The lowest BCUT2D eigenvalue weighted by molar-refractivity contribution is -0.167. The molecule has 0 rings (SSSR count). The predicted octanol–water partition coefficient (Wildman–Crippen LogP) is 23.5. The van der Waals surface area contributed by atoms with Crippen LogP contribution in [0.3, 0.4) is 0 Å². The Morgan fingerprint density at radius 2 is 0.360 bits per heavy atom. The maximum Gasteiger partial charge on any atom is 0.306 e. The van der Waals surface area contributed by atoms with Gasteiger partial charge in [0, 0.05) is 19.3 Å². The molecule has 0 aromatic rings. The molecule has 446 valence electrons. The second-order valence-corrected chi connectivity index (χ2v) is 23.8. The van der Waals surface area contributed by atoms with Gasteiger partial charge in [0.25, 0.3) is 0 Å². The van der Waals surface area contributed by atoms with E-state index in [0.29, 0.717) is 19.3 Å². The lowest BCUT2D eigenvalue weighted by atomic mass is 10.0. The van der Waals surface area contributed by atoms with E-state index in [9.17, 15) is 14.4 Å². The molecule has 0 saturated heterocycles. The maximum atomic E-state index is 12.9. The molecule has 0 spiro atoms. The van der Waals surface area contributed by atoms with Gasteiger partial charge in [-0.15, -0.1) is 0 Å². The maximum absolute atomic E-state index is 12.9. The molecule has 1 atom stereocenters. The highest BCUT2D eigenvalue weighted by Crippen LogP contribution is 2.19. The van der Waals surface area contributed by atoms with E-state index in [1.165, 1.54) is 308 Å². The van der Waals surface area contributed by atoms with Crippen LogP contribution >= 0.6 is 0 Å². The lowest BCUT2D eigenvalue weighted by Gasteiger charge is -2.18. The zero-order chi connectivity index (χ0) is 54.3.